The van der Waals surface area contributed by atoms with Gasteiger partial charge in [-0.15, -0.1) is 0 Å². The summed E-state index contributed by atoms with van der Waals surface area (Å²) in [5, 5.41) is 6.71. The van der Waals surface area contributed by atoms with Crippen molar-refractivity contribution in [3.05, 3.63) is 29.6 Å². The molecule has 4 N–H and O–H groups in total. The fourth-order valence-electron chi connectivity index (χ4n) is 2.55. The second kappa shape index (κ2) is 7.00. The molecule has 0 aliphatic carbocycles. The number of fused-ring (bicyclic) bond motifs is 1. The Morgan fingerprint density at radius 2 is 2.17 bits per heavy atom. The average molecular weight is 334 g/mol. The van der Waals surface area contributed by atoms with Gasteiger partial charge in [-0.2, -0.15) is 0 Å². The van der Waals surface area contributed by atoms with Gasteiger partial charge in [0.05, 0.1) is 24.8 Å². The SMILES string of the molecule is [C-]#[N+][C@H]1C[C@@H](NC(=S)Nc2cccc3c2OCCO3)[C@@H](N)CO1. The van der Waals surface area contributed by atoms with Crippen molar-refractivity contribution in [2.24, 2.45) is 5.73 Å². The van der Waals surface area contributed by atoms with Crippen LogP contribution < -0.4 is 25.8 Å². The standard InChI is InChI=1S/C15H18N4O3S/c1-17-13-7-11(9(16)8-22-13)19-15(23)18-10-3-2-4-12-14(10)21-6-5-20-12/h2-4,9,11,13H,5-8,16H2,(H2,18,19,23)/t9-,11+,13+/m0/s1. The molecule has 1 fully saturated rings. The Bertz CT molecular complexity index is 634. The van der Waals surface area contributed by atoms with Crippen LogP contribution in [-0.4, -0.2) is 43.2 Å². The Morgan fingerprint density at radius 1 is 1.35 bits per heavy atom. The van der Waals surface area contributed by atoms with Gasteiger partial charge in [0, 0.05) is 6.04 Å². The van der Waals surface area contributed by atoms with Crippen molar-refractivity contribution in [1.82, 2.24) is 5.32 Å². The molecule has 8 heteroatoms. The molecular weight excluding hydrogens is 316 g/mol. The van der Waals surface area contributed by atoms with Gasteiger partial charge in [0.15, 0.2) is 16.6 Å². The first-order chi connectivity index (χ1) is 11.2. The van der Waals surface area contributed by atoms with Gasteiger partial charge < -0.3 is 30.6 Å². The minimum atomic E-state index is -0.476. The van der Waals surface area contributed by atoms with Crippen molar-refractivity contribution in [3.8, 4) is 11.5 Å². The van der Waals surface area contributed by atoms with Crippen LogP contribution in [-0.2, 0) is 4.74 Å². The average Bonchev–Trinajstić information content (AvgIpc) is 2.57. The molecule has 0 amide bonds. The number of ether oxygens (including phenoxy) is 3. The summed E-state index contributed by atoms with van der Waals surface area (Å²) >= 11 is 5.36. The van der Waals surface area contributed by atoms with E-state index in [-0.39, 0.29) is 12.1 Å². The lowest BCUT2D eigenvalue weighted by atomic mass is 10.0. The van der Waals surface area contributed by atoms with Gasteiger partial charge in [-0.25, -0.2) is 6.57 Å². The molecule has 0 saturated carbocycles. The molecule has 2 aliphatic rings. The van der Waals surface area contributed by atoms with Gasteiger partial charge in [-0.1, -0.05) is 6.07 Å². The van der Waals surface area contributed by atoms with Crippen LogP contribution in [0.25, 0.3) is 4.85 Å². The molecule has 2 aliphatic heterocycles. The van der Waals surface area contributed by atoms with E-state index in [2.05, 4.69) is 15.5 Å². The van der Waals surface area contributed by atoms with Gasteiger partial charge >= 0.3 is 6.23 Å². The van der Waals surface area contributed by atoms with E-state index in [1.165, 1.54) is 0 Å². The maximum atomic E-state index is 7.07. The van der Waals surface area contributed by atoms with Crippen LogP contribution in [0, 0.1) is 6.57 Å². The van der Waals surface area contributed by atoms with E-state index < -0.39 is 6.23 Å². The molecule has 1 saturated heterocycles. The van der Waals surface area contributed by atoms with Gasteiger partial charge in [-0.3, -0.25) is 4.85 Å². The fourth-order valence-corrected chi connectivity index (χ4v) is 2.81. The quantitative estimate of drug-likeness (QED) is 0.552. The minimum Gasteiger partial charge on any atom is -0.486 e. The van der Waals surface area contributed by atoms with E-state index >= 15 is 0 Å². The highest BCUT2D eigenvalue weighted by Crippen LogP contribution is 2.37. The summed E-state index contributed by atoms with van der Waals surface area (Å²) in [4.78, 5) is 3.41. The molecule has 3 atom stereocenters. The van der Waals surface area contributed by atoms with Crippen molar-refractivity contribution < 1.29 is 14.2 Å². The number of anilines is 1. The summed E-state index contributed by atoms with van der Waals surface area (Å²) in [5.74, 6) is 1.35. The Balaban J connectivity index is 1.65. The zero-order chi connectivity index (χ0) is 16.2. The van der Waals surface area contributed by atoms with Gasteiger partial charge in [-0.05, 0) is 24.4 Å². The lowest BCUT2D eigenvalue weighted by molar-refractivity contribution is 0.0196. The molecule has 122 valence electrons. The van der Waals surface area contributed by atoms with E-state index in [0.717, 1.165) is 5.69 Å². The number of nitrogens with zero attached hydrogens (tertiary/aromatic N) is 1. The molecule has 0 aromatic heterocycles. The smallest absolute Gasteiger partial charge is 0.329 e. The normalized spacial score (nSPS) is 26.0. The highest BCUT2D eigenvalue weighted by Gasteiger charge is 2.32. The molecule has 7 nitrogen and oxygen atoms in total. The number of rotatable bonds is 2. The van der Waals surface area contributed by atoms with Crippen LogP contribution in [0.15, 0.2) is 18.2 Å². The number of benzene rings is 1. The number of thiocarbonyl (C=S) groups is 1. The van der Waals surface area contributed by atoms with E-state index in [0.29, 0.717) is 42.9 Å². The number of para-hydroxylation sites is 1. The largest absolute Gasteiger partial charge is 0.486 e. The minimum absolute atomic E-state index is 0.112. The molecule has 2 heterocycles. The maximum absolute atomic E-state index is 7.07. The topological polar surface area (TPSA) is 82.1 Å². The van der Waals surface area contributed by atoms with Crippen molar-refractivity contribution in [2.45, 2.75) is 24.7 Å². The molecule has 23 heavy (non-hydrogen) atoms. The molecule has 0 unspecified atom stereocenters. The van der Waals surface area contributed by atoms with E-state index in [1.54, 1.807) is 0 Å². The predicted molar refractivity (Wildman–Crippen MR) is 89.5 cm³/mol. The van der Waals surface area contributed by atoms with Crippen LogP contribution in [0.2, 0.25) is 0 Å². The molecule has 0 radical (unpaired) electrons. The van der Waals surface area contributed by atoms with Gasteiger partial charge in [0.2, 0.25) is 0 Å². The van der Waals surface area contributed by atoms with Crippen LogP contribution in [0.3, 0.4) is 0 Å². The molecule has 1 aromatic rings. The van der Waals surface area contributed by atoms with Crippen molar-refractivity contribution >= 4 is 23.0 Å². The van der Waals surface area contributed by atoms with Crippen molar-refractivity contribution in [2.75, 3.05) is 25.1 Å². The van der Waals surface area contributed by atoms with Crippen molar-refractivity contribution in [1.29, 1.82) is 0 Å². The van der Waals surface area contributed by atoms with Crippen LogP contribution >= 0.6 is 12.2 Å². The second-order valence-electron chi connectivity index (χ2n) is 5.35. The van der Waals surface area contributed by atoms with Gasteiger partial charge in [0.25, 0.3) is 0 Å². The molecule has 0 spiro atoms. The number of hydrogen-bond donors (Lipinski definition) is 3. The molecule has 0 bridgehead atoms. The first kappa shape index (κ1) is 15.8. The van der Waals surface area contributed by atoms with Crippen LogP contribution in [0.5, 0.6) is 11.5 Å². The lowest BCUT2D eigenvalue weighted by Gasteiger charge is -2.31. The Morgan fingerprint density at radius 3 is 3.00 bits per heavy atom. The van der Waals surface area contributed by atoms with E-state index in [1.807, 2.05) is 18.2 Å². The Hall–Kier alpha value is -2.08. The Kier molecular flexibility index (Phi) is 4.81. The summed E-state index contributed by atoms with van der Waals surface area (Å²) in [6.07, 6.45) is 0.0234. The summed E-state index contributed by atoms with van der Waals surface area (Å²) in [6.45, 7) is 8.45. The first-order valence-corrected chi connectivity index (χ1v) is 7.78. The molecule has 1 aromatic carbocycles. The van der Waals surface area contributed by atoms with Gasteiger partial charge in [0.1, 0.15) is 13.2 Å². The third-order valence-corrected chi connectivity index (χ3v) is 3.95. The number of nitrogens with one attached hydrogen (secondary N) is 2. The zero-order valence-corrected chi connectivity index (χ0v) is 13.3. The lowest BCUT2D eigenvalue weighted by Crippen LogP contribution is -2.55. The van der Waals surface area contributed by atoms with E-state index in [9.17, 15) is 0 Å². The number of hydrogen-bond acceptors (Lipinski definition) is 5. The first-order valence-electron chi connectivity index (χ1n) is 7.37. The Labute approximate surface area is 139 Å². The highest BCUT2D eigenvalue weighted by molar-refractivity contribution is 7.80. The summed E-state index contributed by atoms with van der Waals surface area (Å²) < 4.78 is 16.5. The number of nitrogens with two attached hydrogens (primary N) is 1. The molecular formula is C15H18N4O3S. The van der Waals surface area contributed by atoms with E-state index in [4.69, 9.17) is 38.7 Å². The second-order valence-corrected chi connectivity index (χ2v) is 5.76. The predicted octanol–water partition coefficient (Wildman–Crippen LogP) is 1.11. The summed E-state index contributed by atoms with van der Waals surface area (Å²) in [6, 6.07) is 5.27. The zero-order valence-electron chi connectivity index (χ0n) is 12.5. The fraction of sp³-hybridized carbons (Fsp3) is 0.467. The molecule has 3 rings (SSSR count). The van der Waals surface area contributed by atoms with Crippen molar-refractivity contribution in [3.63, 3.8) is 0 Å². The third-order valence-electron chi connectivity index (χ3n) is 3.73. The van der Waals surface area contributed by atoms with Crippen LogP contribution in [0.1, 0.15) is 6.42 Å². The highest BCUT2D eigenvalue weighted by atomic mass is 32.1. The third kappa shape index (κ3) is 3.64. The monoisotopic (exact) mass is 334 g/mol. The summed E-state index contributed by atoms with van der Waals surface area (Å²) in [5.41, 5.74) is 6.76. The van der Waals surface area contributed by atoms with Crippen LogP contribution in [0.4, 0.5) is 5.69 Å². The maximum Gasteiger partial charge on any atom is 0.329 e. The summed E-state index contributed by atoms with van der Waals surface area (Å²) in [7, 11) is 0.